The van der Waals surface area contributed by atoms with E-state index in [9.17, 15) is 9.90 Å². The topological polar surface area (TPSA) is 102 Å². The summed E-state index contributed by atoms with van der Waals surface area (Å²) < 4.78 is 38.1. The number of hydrogen-bond acceptors (Lipinski definition) is 9. The summed E-state index contributed by atoms with van der Waals surface area (Å²) in [6.07, 6.45) is -2.53. The Morgan fingerprint density at radius 2 is 1.23 bits per heavy atom. The Morgan fingerprint density at radius 1 is 0.733 bits per heavy atom. The van der Waals surface area contributed by atoms with Crippen LogP contribution in [0.3, 0.4) is 0 Å². The van der Waals surface area contributed by atoms with Gasteiger partial charge in [-0.2, -0.15) is 0 Å². The van der Waals surface area contributed by atoms with Crippen molar-refractivity contribution in [3.63, 3.8) is 0 Å². The Bertz CT molecular complexity index is 929. The molecule has 1 N–H and O–H groups in total. The predicted octanol–water partition coefficient (Wildman–Crippen LogP) is 2.42. The summed E-state index contributed by atoms with van der Waals surface area (Å²) in [7, 11) is 8.71. The van der Waals surface area contributed by atoms with Crippen LogP contribution in [-0.4, -0.2) is 59.7 Å². The molecule has 3 rings (SSSR count). The van der Waals surface area contributed by atoms with E-state index in [0.717, 1.165) is 0 Å². The Hall–Kier alpha value is -3.33. The standard InChI is InChI=1S/C21H24O9/c1-24-12-7-10(8-13(25-2)19(12)27-4)18-17(23)16(22)15-11(30-18)9-14(26-3)20(28-5)21(15)29-6/h7-9,17-18,23H,1-6H3. The Balaban J connectivity index is 2.16. The summed E-state index contributed by atoms with van der Waals surface area (Å²) in [6, 6.07) is 4.75. The van der Waals surface area contributed by atoms with Crippen LogP contribution in [0.1, 0.15) is 22.0 Å². The van der Waals surface area contributed by atoms with Crippen LogP contribution in [0.15, 0.2) is 18.2 Å². The van der Waals surface area contributed by atoms with Gasteiger partial charge in [0, 0.05) is 11.6 Å². The highest BCUT2D eigenvalue weighted by Gasteiger charge is 2.41. The molecule has 0 bridgehead atoms. The molecule has 0 saturated carbocycles. The first kappa shape index (κ1) is 21.4. The number of aliphatic hydroxyl groups is 1. The Kier molecular flexibility index (Phi) is 6.12. The maximum atomic E-state index is 13.1. The van der Waals surface area contributed by atoms with Crippen molar-refractivity contribution in [1.82, 2.24) is 0 Å². The molecule has 2 unspecified atom stereocenters. The van der Waals surface area contributed by atoms with Gasteiger partial charge in [0.2, 0.25) is 17.3 Å². The molecule has 9 heteroatoms. The number of rotatable bonds is 7. The Morgan fingerprint density at radius 3 is 1.70 bits per heavy atom. The lowest BCUT2D eigenvalue weighted by molar-refractivity contribution is 0.0207. The summed E-state index contributed by atoms with van der Waals surface area (Å²) in [6.45, 7) is 0. The molecule has 9 nitrogen and oxygen atoms in total. The number of carbonyl (C=O) groups is 1. The SMILES string of the molecule is COc1cc(C2Oc3cc(OC)c(OC)c(OC)c3C(=O)C2O)cc(OC)c1OC. The summed E-state index contributed by atoms with van der Waals surface area (Å²) in [5.74, 6) is 1.41. The molecule has 30 heavy (non-hydrogen) atoms. The number of ether oxygens (including phenoxy) is 7. The largest absolute Gasteiger partial charge is 0.493 e. The van der Waals surface area contributed by atoms with Crippen LogP contribution >= 0.6 is 0 Å². The van der Waals surface area contributed by atoms with Crippen LogP contribution < -0.4 is 33.2 Å². The van der Waals surface area contributed by atoms with Crippen molar-refractivity contribution in [3.8, 4) is 40.2 Å². The molecule has 0 fully saturated rings. The lowest BCUT2D eigenvalue weighted by atomic mass is 9.92. The average Bonchev–Trinajstić information content (AvgIpc) is 2.78. The van der Waals surface area contributed by atoms with Crippen molar-refractivity contribution in [3.05, 3.63) is 29.3 Å². The molecule has 2 atom stereocenters. The zero-order valence-electron chi connectivity index (χ0n) is 17.6. The lowest BCUT2D eigenvalue weighted by Gasteiger charge is -2.32. The van der Waals surface area contributed by atoms with E-state index in [-0.39, 0.29) is 22.8 Å². The van der Waals surface area contributed by atoms with Gasteiger partial charge < -0.3 is 38.3 Å². The van der Waals surface area contributed by atoms with Gasteiger partial charge >= 0.3 is 0 Å². The van der Waals surface area contributed by atoms with Crippen LogP contribution in [-0.2, 0) is 0 Å². The highest BCUT2D eigenvalue weighted by molar-refractivity contribution is 6.06. The Labute approximate surface area is 174 Å². The number of benzene rings is 2. The first-order valence-electron chi connectivity index (χ1n) is 8.97. The molecule has 2 aromatic carbocycles. The molecule has 1 aliphatic heterocycles. The first-order valence-corrected chi connectivity index (χ1v) is 8.97. The van der Waals surface area contributed by atoms with Crippen molar-refractivity contribution < 1.29 is 43.1 Å². The number of fused-ring (bicyclic) bond motifs is 1. The predicted molar refractivity (Wildman–Crippen MR) is 106 cm³/mol. The maximum Gasteiger partial charge on any atom is 0.204 e. The normalized spacial score (nSPS) is 17.5. The second-order valence-electron chi connectivity index (χ2n) is 6.32. The van der Waals surface area contributed by atoms with E-state index >= 15 is 0 Å². The van der Waals surface area contributed by atoms with Crippen LogP contribution in [0.4, 0.5) is 0 Å². The van der Waals surface area contributed by atoms with Crippen molar-refractivity contribution in [1.29, 1.82) is 0 Å². The fourth-order valence-corrected chi connectivity index (χ4v) is 3.46. The van der Waals surface area contributed by atoms with Crippen molar-refractivity contribution in [2.75, 3.05) is 42.7 Å². The van der Waals surface area contributed by atoms with Gasteiger partial charge in [0.1, 0.15) is 11.3 Å². The molecule has 0 amide bonds. The molecular weight excluding hydrogens is 396 g/mol. The average molecular weight is 420 g/mol. The van der Waals surface area contributed by atoms with E-state index < -0.39 is 18.0 Å². The molecule has 2 aromatic rings. The summed E-state index contributed by atoms with van der Waals surface area (Å²) in [5.41, 5.74) is 0.538. The fourth-order valence-electron chi connectivity index (χ4n) is 3.46. The minimum atomic E-state index is -1.51. The van der Waals surface area contributed by atoms with Crippen LogP contribution in [0.2, 0.25) is 0 Å². The minimum absolute atomic E-state index is 0.0753. The molecule has 0 aliphatic carbocycles. The van der Waals surface area contributed by atoms with E-state index in [1.165, 1.54) is 48.7 Å². The molecule has 0 radical (unpaired) electrons. The molecule has 0 saturated heterocycles. The lowest BCUT2D eigenvalue weighted by Crippen LogP contribution is -2.36. The summed E-state index contributed by atoms with van der Waals surface area (Å²) in [5, 5.41) is 10.8. The van der Waals surface area contributed by atoms with Gasteiger partial charge in [-0.05, 0) is 12.1 Å². The second kappa shape index (κ2) is 8.58. The number of aliphatic hydroxyl groups excluding tert-OH is 1. The molecule has 1 heterocycles. The third-order valence-corrected chi connectivity index (χ3v) is 4.87. The number of methoxy groups -OCH3 is 6. The zero-order valence-corrected chi connectivity index (χ0v) is 17.6. The molecule has 162 valence electrons. The molecule has 1 aliphatic rings. The molecular formula is C21H24O9. The van der Waals surface area contributed by atoms with E-state index in [1.807, 2.05) is 0 Å². The van der Waals surface area contributed by atoms with Crippen LogP contribution in [0.5, 0.6) is 40.2 Å². The van der Waals surface area contributed by atoms with Gasteiger partial charge in [-0.15, -0.1) is 0 Å². The van der Waals surface area contributed by atoms with Crippen molar-refractivity contribution >= 4 is 5.78 Å². The highest BCUT2D eigenvalue weighted by atomic mass is 16.5. The van der Waals surface area contributed by atoms with Crippen LogP contribution in [0, 0.1) is 0 Å². The number of carbonyl (C=O) groups excluding carboxylic acids is 1. The fraction of sp³-hybridized carbons (Fsp3) is 0.381. The second-order valence-corrected chi connectivity index (χ2v) is 6.32. The van der Waals surface area contributed by atoms with Gasteiger partial charge in [-0.1, -0.05) is 0 Å². The molecule has 0 spiro atoms. The van der Waals surface area contributed by atoms with E-state index in [4.69, 9.17) is 33.2 Å². The van der Waals surface area contributed by atoms with Crippen LogP contribution in [0.25, 0.3) is 0 Å². The number of hydrogen-bond donors (Lipinski definition) is 1. The summed E-state index contributed by atoms with van der Waals surface area (Å²) in [4.78, 5) is 13.1. The highest BCUT2D eigenvalue weighted by Crippen LogP contribution is 2.50. The van der Waals surface area contributed by atoms with E-state index in [2.05, 4.69) is 0 Å². The van der Waals surface area contributed by atoms with Gasteiger partial charge in [0.25, 0.3) is 0 Å². The summed E-state index contributed by atoms with van der Waals surface area (Å²) >= 11 is 0. The third-order valence-electron chi connectivity index (χ3n) is 4.87. The van der Waals surface area contributed by atoms with E-state index in [0.29, 0.717) is 28.6 Å². The van der Waals surface area contributed by atoms with Crippen molar-refractivity contribution in [2.24, 2.45) is 0 Å². The quantitative estimate of drug-likeness (QED) is 0.723. The number of ketones is 1. The van der Waals surface area contributed by atoms with Gasteiger partial charge in [0.05, 0.1) is 42.7 Å². The van der Waals surface area contributed by atoms with Gasteiger partial charge in [-0.3, -0.25) is 4.79 Å². The molecule has 0 aromatic heterocycles. The first-order chi connectivity index (χ1) is 14.4. The minimum Gasteiger partial charge on any atom is -0.493 e. The van der Waals surface area contributed by atoms with Gasteiger partial charge in [0.15, 0.2) is 35.2 Å². The van der Waals surface area contributed by atoms with E-state index in [1.54, 1.807) is 12.1 Å². The zero-order chi connectivity index (χ0) is 22.0. The van der Waals surface area contributed by atoms with Crippen molar-refractivity contribution in [2.45, 2.75) is 12.2 Å². The monoisotopic (exact) mass is 420 g/mol. The van der Waals surface area contributed by atoms with Gasteiger partial charge in [-0.25, -0.2) is 0 Å². The number of Topliss-reactive ketones (excluding diaryl/α,β-unsaturated/α-hetero) is 1. The maximum absolute atomic E-state index is 13.1. The smallest absolute Gasteiger partial charge is 0.204 e. The third kappa shape index (κ3) is 3.30.